The zero-order valence-electron chi connectivity index (χ0n) is 11.6. The second-order valence-electron chi connectivity index (χ2n) is 6.90. The van der Waals surface area contributed by atoms with E-state index in [4.69, 9.17) is 0 Å². The van der Waals surface area contributed by atoms with Crippen molar-refractivity contribution in [3.8, 4) is 0 Å². The van der Waals surface area contributed by atoms with Crippen LogP contribution in [-0.4, -0.2) is 48.4 Å². The number of rotatable bonds is 1. The number of hydrogen-bond acceptors (Lipinski definition) is 3. The molecular weight excluding hydrogens is 236 g/mol. The Balaban J connectivity index is 1.90. The highest BCUT2D eigenvalue weighted by molar-refractivity contribution is 5.98. The Labute approximate surface area is 114 Å². The van der Waals surface area contributed by atoms with Crippen molar-refractivity contribution in [1.29, 1.82) is 0 Å². The molecule has 3 nitrogen and oxygen atoms in total. The van der Waals surface area contributed by atoms with Crippen molar-refractivity contribution in [3.63, 3.8) is 0 Å². The van der Waals surface area contributed by atoms with Gasteiger partial charge in [0.2, 0.25) is 0 Å². The average Bonchev–Trinajstić information content (AvgIpc) is 2.35. The van der Waals surface area contributed by atoms with Crippen molar-refractivity contribution in [1.82, 2.24) is 9.80 Å². The molecule has 3 heteroatoms. The number of hydrogen-bond donors (Lipinski definition) is 0. The summed E-state index contributed by atoms with van der Waals surface area (Å²) >= 11 is 0. The van der Waals surface area contributed by atoms with E-state index in [0.29, 0.717) is 5.78 Å². The molecule has 5 rings (SSSR count). The summed E-state index contributed by atoms with van der Waals surface area (Å²) < 4.78 is 0. The topological polar surface area (TPSA) is 23.6 Å². The predicted octanol–water partition coefficient (Wildman–Crippen LogP) is 1.41. The standard InChI is InChI=1S/C16H20N2O/c1-12-5-3-4-6-13(12)16-9-17-7-15(2,14(16)19)8-18(10-16)11-17/h3-6H,7-11H2,1-2H3. The summed E-state index contributed by atoms with van der Waals surface area (Å²) in [7, 11) is 0. The lowest BCUT2D eigenvalue weighted by atomic mass is 9.59. The summed E-state index contributed by atoms with van der Waals surface area (Å²) in [6.45, 7) is 9.02. The normalized spacial score (nSPS) is 43.8. The SMILES string of the molecule is Cc1ccccc1C12CN3CN(CC(C)(C3)C1=O)C2. The number of carbonyl (C=O) groups is 1. The lowest BCUT2D eigenvalue weighted by Crippen LogP contribution is -2.77. The van der Waals surface area contributed by atoms with Gasteiger partial charge in [0.05, 0.1) is 17.5 Å². The van der Waals surface area contributed by atoms with Gasteiger partial charge in [-0.25, -0.2) is 0 Å². The third-order valence-corrected chi connectivity index (χ3v) is 5.18. The minimum atomic E-state index is -0.283. The molecule has 19 heavy (non-hydrogen) atoms. The van der Waals surface area contributed by atoms with Crippen LogP contribution in [0.1, 0.15) is 18.1 Å². The molecule has 1 aromatic carbocycles. The minimum Gasteiger partial charge on any atom is -0.298 e. The van der Waals surface area contributed by atoms with Crippen LogP contribution in [-0.2, 0) is 10.2 Å². The highest BCUT2D eigenvalue weighted by Gasteiger charge is 2.61. The van der Waals surface area contributed by atoms with Crippen molar-refractivity contribution in [2.75, 3.05) is 32.8 Å². The van der Waals surface area contributed by atoms with Gasteiger partial charge < -0.3 is 0 Å². The van der Waals surface area contributed by atoms with Gasteiger partial charge in [-0.2, -0.15) is 0 Å². The molecule has 2 unspecified atom stereocenters. The second kappa shape index (κ2) is 3.47. The molecule has 4 aliphatic rings. The Morgan fingerprint density at radius 1 is 1.05 bits per heavy atom. The van der Waals surface area contributed by atoms with E-state index < -0.39 is 0 Å². The van der Waals surface area contributed by atoms with E-state index in [1.54, 1.807) is 0 Å². The van der Waals surface area contributed by atoms with E-state index in [0.717, 1.165) is 32.8 Å². The molecule has 100 valence electrons. The molecule has 4 bridgehead atoms. The Kier molecular flexibility index (Phi) is 2.12. The van der Waals surface area contributed by atoms with Gasteiger partial charge in [-0.3, -0.25) is 14.6 Å². The molecule has 0 spiro atoms. The maximum Gasteiger partial charge on any atom is 0.154 e. The summed E-state index contributed by atoms with van der Waals surface area (Å²) in [5.74, 6) is 0.474. The summed E-state index contributed by atoms with van der Waals surface area (Å²) in [4.78, 5) is 18.0. The Morgan fingerprint density at radius 2 is 1.68 bits per heavy atom. The number of Topliss-reactive ketones (excluding diaryl/α,β-unsaturated/α-hetero) is 1. The Hall–Kier alpha value is -1.19. The van der Waals surface area contributed by atoms with E-state index in [-0.39, 0.29) is 10.8 Å². The van der Waals surface area contributed by atoms with Gasteiger partial charge in [-0.15, -0.1) is 0 Å². The fourth-order valence-corrected chi connectivity index (χ4v) is 4.71. The van der Waals surface area contributed by atoms with E-state index >= 15 is 0 Å². The molecule has 0 N–H and O–H groups in total. The summed E-state index contributed by atoms with van der Waals surface area (Å²) in [5.41, 5.74) is 2.05. The number of ketones is 1. The number of nitrogens with zero attached hydrogens (tertiary/aromatic N) is 2. The molecule has 4 saturated heterocycles. The van der Waals surface area contributed by atoms with E-state index in [9.17, 15) is 4.79 Å². The Morgan fingerprint density at radius 3 is 2.32 bits per heavy atom. The number of piperidine rings is 2. The minimum absolute atomic E-state index is 0.170. The van der Waals surface area contributed by atoms with Crippen LogP contribution in [0.4, 0.5) is 0 Å². The van der Waals surface area contributed by atoms with Crippen LogP contribution in [0.3, 0.4) is 0 Å². The van der Waals surface area contributed by atoms with Gasteiger partial charge in [0, 0.05) is 26.2 Å². The first-order chi connectivity index (χ1) is 9.03. The highest BCUT2D eigenvalue weighted by atomic mass is 16.1. The molecule has 4 heterocycles. The van der Waals surface area contributed by atoms with E-state index in [1.807, 2.05) is 0 Å². The zero-order valence-corrected chi connectivity index (χ0v) is 11.6. The van der Waals surface area contributed by atoms with Crippen LogP contribution in [0.2, 0.25) is 0 Å². The van der Waals surface area contributed by atoms with Crippen LogP contribution in [0.15, 0.2) is 24.3 Å². The largest absolute Gasteiger partial charge is 0.298 e. The zero-order chi connectivity index (χ0) is 13.3. The summed E-state index contributed by atoms with van der Waals surface area (Å²) in [6, 6.07) is 8.42. The molecule has 0 aromatic heterocycles. The first-order valence-electron chi connectivity index (χ1n) is 7.09. The van der Waals surface area contributed by atoms with Gasteiger partial charge >= 0.3 is 0 Å². The number of aryl methyl sites for hydroxylation is 1. The summed E-state index contributed by atoms with van der Waals surface area (Å²) in [5, 5.41) is 0. The van der Waals surface area contributed by atoms with Crippen LogP contribution >= 0.6 is 0 Å². The van der Waals surface area contributed by atoms with Crippen molar-refractivity contribution < 1.29 is 4.79 Å². The maximum absolute atomic E-state index is 13.1. The number of benzene rings is 1. The molecule has 1 aromatic rings. The first-order valence-corrected chi connectivity index (χ1v) is 7.09. The lowest BCUT2D eigenvalue weighted by Gasteiger charge is -2.62. The van der Waals surface area contributed by atoms with Gasteiger partial charge in [0.1, 0.15) is 0 Å². The number of carbonyl (C=O) groups excluding carboxylic acids is 1. The van der Waals surface area contributed by atoms with Crippen LogP contribution in [0.5, 0.6) is 0 Å². The maximum atomic E-state index is 13.1. The fourth-order valence-electron chi connectivity index (χ4n) is 4.71. The van der Waals surface area contributed by atoms with E-state index in [1.165, 1.54) is 11.1 Å². The highest BCUT2D eigenvalue weighted by Crippen LogP contribution is 2.48. The van der Waals surface area contributed by atoms with Gasteiger partial charge in [-0.1, -0.05) is 31.2 Å². The van der Waals surface area contributed by atoms with Gasteiger partial charge in [0.15, 0.2) is 5.78 Å². The lowest BCUT2D eigenvalue weighted by molar-refractivity contribution is -0.168. The van der Waals surface area contributed by atoms with Crippen molar-refractivity contribution in [2.45, 2.75) is 19.3 Å². The predicted molar refractivity (Wildman–Crippen MR) is 74.0 cm³/mol. The molecular formula is C16H20N2O. The monoisotopic (exact) mass is 256 g/mol. The average molecular weight is 256 g/mol. The fraction of sp³-hybridized carbons (Fsp3) is 0.562. The van der Waals surface area contributed by atoms with Gasteiger partial charge in [-0.05, 0) is 18.1 Å². The van der Waals surface area contributed by atoms with Crippen molar-refractivity contribution >= 4 is 5.78 Å². The molecule has 0 amide bonds. The van der Waals surface area contributed by atoms with Crippen molar-refractivity contribution in [3.05, 3.63) is 35.4 Å². The third-order valence-electron chi connectivity index (χ3n) is 5.18. The third kappa shape index (κ3) is 1.37. The molecule has 0 aliphatic carbocycles. The Bertz CT molecular complexity index is 552. The smallest absolute Gasteiger partial charge is 0.154 e. The van der Waals surface area contributed by atoms with Crippen LogP contribution in [0.25, 0.3) is 0 Å². The quantitative estimate of drug-likeness (QED) is 0.759. The van der Waals surface area contributed by atoms with Gasteiger partial charge in [0.25, 0.3) is 0 Å². The molecule has 4 fully saturated rings. The second-order valence-corrected chi connectivity index (χ2v) is 6.90. The van der Waals surface area contributed by atoms with Crippen LogP contribution in [0, 0.1) is 12.3 Å². The molecule has 2 atom stereocenters. The molecule has 4 aliphatic heterocycles. The molecule has 0 saturated carbocycles. The van der Waals surface area contributed by atoms with Crippen molar-refractivity contribution in [2.24, 2.45) is 5.41 Å². The first kappa shape index (κ1) is 11.6. The summed E-state index contributed by atoms with van der Waals surface area (Å²) in [6.07, 6.45) is 0. The van der Waals surface area contributed by atoms with E-state index in [2.05, 4.69) is 47.9 Å². The molecule has 0 radical (unpaired) electrons. The van der Waals surface area contributed by atoms with Crippen LogP contribution < -0.4 is 0 Å².